The van der Waals surface area contributed by atoms with Gasteiger partial charge in [0.25, 0.3) is 0 Å². The van der Waals surface area contributed by atoms with Crippen molar-refractivity contribution in [3.05, 3.63) is 53.1 Å². The van der Waals surface area contributed by atoms with Crippen molar-refractivity contribution < 1.29 is 15.2 Å². The van der Waals surface area contributed by atoms with E-state index in [4.69, 9.17) is 0 Å². The molecular weight excluding hydrogens is 276 g/mol. The van der Waals surface area contributed by atoms with Crippen LogP contribution in [0.15, 0.2) is 36.4 Å². The van der Waals surface area contributed by atoms with E-state index >= 15 is 0 Å². The quantitative estimate of drug-likeness (QED) is 0.753. The molecule has 22 heavy (non-hydrogen) atoms. The Bertz CT molecular complexity index is 712. The molecule has 2 aromatic carbocycles. The zero-order chi connectivity index (χ0) is 15.3. The van der Waals surface area contributed by atoms with Gasteiger partial charge in [0.05, 0.1) is 12.1 Å². The fourth-order valence-electron chi connectivity index (χ4n) is 3.90. The van der Waals surface area contributed by atoms with Crippen LogP contribution < -0.4 is 10.0 Å². The molecule has 0 spiro atoms. The monoisotopic (exact) mass is 297 g/mol. The number of quaternary nitrogens is 1. The first-order valence-corrected chi connectivity index (χ1v) is 7.91. The molecule has 0 bridgehead atoms. The molecular formula is C18H21N2O2+. The lowest BCUT2D eigenvalue weighted by Gasteiger charge is -2.34. The number of hydrogen-bond donors (Lipinski definition) is 3. The SMILES string of the molecule is Cc1cc(O)c2c(c1)N1CCCC[NH+]1C2c1ccc(O)cc1. The molecule has 2 aromatic rings. The van der Waals surface area contributed by atoms with Gasteiger partial charge in [0.15, 0.2) is 6.04 Å². The number of phenols is 2. The lowest BCUT2D eigenvalue weighted by molar-refractivity contribution is -0.932. The maximum absolute atomic E-state index is 10.6. The second kappa shape index (κ2) is 4.92. The molecule has 0 radical (unpaired) electrons. The molecule has 4 rings (SSSR count). The highest BCUT2D eigenvalue weighted by molar-refractivity contribution is 5.64. The summed E-state index contributed by atoms with van der Waals surface area (Å²) in [5, 5.41) is 23.9. The van der Waals surface area contributed by atoms with Crippen LogP contribution in [0.2, 0.25) is 0 Å². The predicted molar refractivity (Wildman–Crippen MR) is 85.2 cm³/mol. The van der Waals surface area contributed by atoms with E-state index in [1.807, 2.05) is 25.1 Å². The average molecular weight is 297 g/mol. The van der Waals surface area contributed by atoms with Crippen molar-refractivity contribution in [2.24, 2.45) is 0 Å². The molecule has 114 valence electrons. The van der Waals surface area contributed by atoms with E-state index in [9.17, 15) is 10.2 Å². The highest BCUT2D eigenvalue weighted by Crippen LogP contribution is 2.41. The third kappa shape index (κ3) is 1.95. The Morgan fingerprint density at radius 3 is 2.64 bits per heavy atom. The molecule has 0 aliphatic carbocycles. The van der Waals surface area contributed by atoms with Gasteiger partial charge in [-0.05, 0) is 55.3 Å². The normalized spacial score (nSPS) is 23.2. The number of nitrogens with zero attached hydrogens (tertiary/aromatic N) is 1. The van der Waals surface area contributed by atoms with Crippen molar-refractivity contribution in [1.29, 1.82) is 0 Å². The van der Waals surface area contributed by atoms with Crippen molar-refractivity contribution in [3.63, 3.8) is 0 Å². The standard InChI is InChI=1S/C18H20N2O2/c1-12-10-15-17(16(22)11-12)18(13-4-6-14(21)7-5-13)20-9-3-2-8-19(15)20/h4-7,10-11,18,21-22H,2-3,8-9H2,1H3/p+1. The summed E-state index contributed by atoms with van der Waals surface area (Å²) >= 11 is 0. The third-order valence-corrected chi connectivity index (χ3v) is 4.83. The molecule has 4 nitrogen and oxygen atoms in total. The summed E-state index contributed by atoms with van der Waals surface area (Å²) in [5.41, 5.74) is 4.41. The number of benzene rings is 2. The minimum Gasteiger partial charge on any atom is -0.508 e. The minimum absolute atomic E-state index is 0.108. The minimum atomic E-state index is 0.108. The van der Waals surface area contributed by atoms with Crippen LogP contribution in [0.25, 0.3) is 0 Å². The lowest BCUT2D eigenvalue weighted by atomic mass is 9.96. The van der Waals surface area contributed by atoms with Crippen molar-refractivity contribution in [2.45, 2.75) is 25.8 Å². The van der Waals surface area contributed by atoms with Gasteiger partial charge in [-0.1, -0.05) is 0 Å². The zero-order valence-electron chi connectivity index (χ0n) is 12.7. The van der Waals surface area contributed by atoms with Gasteiger partial charge in [-0.25, -0.2) is 10.0 Å². The number of rotatable bonds is 1. The Kier molecular flexibility index (Phi) is 3.01. The summed E-state index contributed by atoms with van der Waals surface area (Å²) in [6, 6.07) is 11.5. The van der Waals surface area contributed by atoms with E-state index in [2.05, 4.69) is 11.1 Å². The average Bonchev–Trinajstić information content (AvgIpc) is 2.83. The van der Waals surface area contributed by atoms with Crippen LogP contribution in [0.5, 0.6) is 11.5 Å². The molecule has 0 aromatic heterocycles. The van der Waals surface area contributed by atoms with Crippen LogP contribution in [-0.2, 0) is 0 Å². The van der Waals surface area contributed by atoms with Gasteiger partial charge < -0.3 is 10.2 Å². The van der Waals surface area contributed by atoms with Gasteiger partial charge in [0.1, 0.15) is 23.7 Å². The van der Waals surface area contributed by atoms with E-state index in [0.29, 0.717) is 5.75 Å². The van der Waals surface area contributed by atoms with E-state index in [-0.39, 0.29) is 11.8 Å². The second-order valence-electron chi connectivity index (χ2n) is 6.34. The maximum atomic E-state index is 10.6. The second-order valence-corrected chi connectivity index (χ2v) is 6.34. The van der Waals surface area contributed by atoms with Crippen LogP contribution in [-0.4, -0.2) is 23.3 Å². The van der Waals surface area contributed by atoms with Gasteiger partial charge in [-0.3, -0.25) is 0 Å². The highest BCUT2D eigenvalue weighted by Gasteiger charge is 2.44. The van der Waals surface area contributed by atoms with Gasteiger partial charge in [-0.2, -0.15) is 0 Å². The predicted octanol–water partition coefficient (Wildman–Crippen LogP) is 1.91. The Hall–Kier alpha value is -2.20. The van der Waals surface area contributed by atoms with Gasteiger partial charge in [-0.15, -0.1) is 0 Å². The van der Waals surface area contributed by atoms with Gasteiger partial charge in [0.2, 0.25) is 0 Å². The Labute approximate surface area is 130 Å². The van der Waals surface area contributed by atoms with E-state index in [1.165, 1.54) is 17.9 Å². The molecule has 0 amide bonds. The number of fused-ring (bicyclic) bond motifs is 3. The summed E-state index contributed by atoms with van der Waals surface area (Å²) < 4.78 is 0. The maximum Gasteiger partial charge on any atom is 0.167 e. The summed E-state index contributed by atoms with van der Waals surface area (Å²) in [5.74, 6) is 0.663. The Balaban J connectivity index is 1.89. The first kappa shape index (κ1) is 13.5. The van der Waals surface area contributed by atoms with Crippen molar-refractivity contribution >= 4 is 5.69 Å². The van der Waals surface area contributed by atoms with Gasteiger partial charge >= 0.3 is 0 Å². The molecule has 1 fully saturated rings. The highest BCUT2D eigenvalue weighted by atomic mass is 16.3. The fraction of sp³-hybridized carbons (Fsp3) is 0.333. The zero-order valence-corrected chi connectivity index (χ0v) is 12.7. The smallest absolute Gasteiger partial charge is 0.167 e. The first-order chi connectivity index (χ1) is 10.6. The number of aryl methyl sites for hydroxylation is 1. The van der Waals surface area contributed by atoms with E-state index in [1.54, 1.807) is 12.1 Å². The van der Waals surface area contributed by atoms with Gasteiger partial charge in [0, 0.05) is 12.0 Å². The summed E-state index contributed by atoms with van der Waals surface area (Å²) in [7, 11) is 0. The van der Waals surface area contributed by atoms with Crippen LogP contribution in [0, 0.1) is 6.92 Å². The van der Waals surface area contributed by atoms with Crippen LogP contribution in [0.3, 0.4) is 0 Å². The largest absolute Gasteiger partial charge is 0.508 e. The number of anilines is 1. The number of nitrogens with one attached hydrogen (secondary N) is 1. The molecule has 3 N–H and O–H groups in total. The Morgan fingerprint density at radius 2 is 1.86 bits per heavy atom. The summed E-state index contributed by atoms with van der Waals surface area (Å²) in [6.45, 7) is 4.12. The molecule has 1 saturated heterocycles. The molecule has 2 aliphatic heterocycles. The molecule has 2 aliphatic rings. The lowest BCUT2D eigenvalue weighted by Crippen LogP contribution is -3.18. The number of aromatic hydroxyl groups is 2. The third-order valence-electron chi connectivity index (χ3n) is 4.83. The topological polar surface area (TPSA) is 48.1 Å². The summed E-state index contributed by atoms with van der Waals surface area (Å²) in [6.07, 6.45) is 2.40. The van der Waals surface area contributed by atoms with E-state index in [0.717, 1.165) is 35.5 Å². The molecule has 2 unspecified atom stereocenters. The molecule has 0 saturated carbocycles. The number of phenolic OH excluding ortho intramolecular Hbond substituents is 2. The van der Waals surface area contributed by atoms with E-state index < -0.39 is 0 Å². The van der Waals surface area contributed by atoms with Crippen molar-refractivity contribution in [1.82, 2.24) is 0 Å². The number of hydrogen-bond acceptors (Lipinski definition) is 3. The fourth-order valence-corrected chi connectivity index (χ4v) is 3.90. The van der Waals surface area contributed by atoms with Crippen molar-refractivity contribution in [3.8, 4) is 11.5 Å². The molecule has 2 atom stereocenters. The Morgan fingerprint density at radius 1 is 1.09 bits per heavy atom. The first-order valence-electron chi connectivity index (χ1n) is 7.91. The molecule has 2 heterocycles. The molecule has 4 heteroatoms. The van der Waals surface area contributed by atoms with Crippen LogP contribution in [0.1, 0.15) is 35.6 Å². The van der Waals surface area contributed by atoms with Crippen LogP contribution >= 0.6 is 0 Å². The van der Waals surface area contributed by atoms with Crippen molar-refractivity contribution in [2.75, 3.05) is 18.1 Å². The summed E-state index contributed by atoms with van der Waals surface area (Å²) in [4.78, 5) is 0. The van der Waals surface area contributed by atoms with Crippen LogP contribution in [0.4, 0.5) is 5.69 Å².